The molecule has 1 aromatic carbocycles. The summed E-state index contributed by atoms with van der Waals surface area (Å²) < 4.78 is 1.68. The first-order chi connectivity index (χ1) is 11.0. The van der Waals surface area contributed by atoms with Crippen molar-refractivity contribution in [3.63, 3.8) is 0 Å². The van der Waals surface area contributed by atoms with Gasteiger partial charge < -0.3 is 5.32 Å². The quantitative estimate of drug-likeness (QED) is 0.691. The number of thioether (sulfide) groups is 1. The molecule has 0 radical (unpaired) electrons. The van der Waals surface area contributed by atoms with Gasteiger partial charge >= 0.3 is 0 Å². The Labute approximate surface area is 147 Å². The third kappa shape index (κ3) is 3.81. The van der Waals surface area contributed by atoms with Gasteiger partial charge in [0.05, 0.1) is 16.5 Å². The van der Waals surface area contributed by atoms with Crippen molar-refractivity contribution in [3.05, 3.63) is 44.8 Å². The smallest absolute Gasteiger partial charge is 0.293 e. The molecule has 11 heteroatoms. The van der Waals surface area contributed by atoms with Crippen LogP contribution in [0.2, 0.25) is 10.0 Å². The summed E-state index contributed by atoms with van der Waals surface area (Å²) in [5, 5.41) is 15.0. The second-order valence-corrected chi connectivity index (χ2v) is 7.23. The zero-order valence-electron chi connectivity index (χ0n) is 11.2. The molecule has 1 amide bonds. The Morgan fingerprint density at radius 3 is 3.00 bits per heavy atom. The first-order valence-corrected chi connectivity index (χ1v) is 8.68. The number of fused-ring (bicyclic) bond motifs is 1. The summed E-state index contributed by atoms with van der Waals surface area (Å²) in [5.41, 5.74) is 0.0735. The normalized spacial score (nSPS) is 10.9. The first-order valence-electron chi connectivity index (χ1n) is 6.12. The number of nitrogens with zero attached hydrogens (tertiary/aromatic N) is 4. The summed E-state index contributed by atoms with van der Waals surface area (Å²) in [5.74, 6) is -0.165. The molecule has 118 valence electrons. The maximum absolute atomic E-state index is 12.0. The van der Waals surface area contributed by atoms with Crippen molar-refractivity contribution in [1.29, 1.82) is 0 Å². The van der Waals surface area contributed by atoms with E-state index in [1.54, 1.807) is 18.2 Å². The molecule has 0 aliphatic carbocycles. The SMILES string of the molecule is O=C(CSc1nn2c(=O)cnnc2s1)Nc1cc(Cl)ccc1Cl. The molecule has 0 unspecified atom stereocenters. The Bertz CT molecular complexity index is 943. The van der Waals surface area contributed by atoms with Gasteiger partial charge in [-0.25, -0.2) is 0 Å². The average Bonchev–Trinajstić information content (AvgIpc) is 2.94. The fourth-order valence-electron chi connectivity index (χ4n) is 1.62. The Balaban J connectivity index is 1.67. The largest absolute Gasteiger partial charge is 0.324 e. The topological polar surface area (TPSA) is 89.3 Å². The highest BCUT2D eigenvalue weighted by atomic mass is 35.5. The number of carbonyl (C=O) groups excluding carboxylic acids is 1. The summed E-state index contributed by atoms with van der Waals surface area (Å²) in [4.78, 5) is 23.9. The van der Waals surface area contributed by atoms with Crippen LogP contribution in [0.1, 0.15) is 0 Å². The molecular formula is C12H7Cl2N5O2S2. The number of hydrogen-bond donors (Lipinski definition) is 1. The number of benzene rings is 1. The minimum Gasteiger partial charge on any atom is -0.324 e. The molecule has 0 bridgehead atoms. The summed E-state index contributed by atoms with van der Waals surface area (Å²) in [6.07, 6.45) is 1.08. The van der Waals surface area contributed by atoms with Crippen LogP contribution in [0.4, 0.5) is 5.69 Å². The van der Waals surface area contributed by atoms with Gasteiger partial charge in [0.1, 0.15) is 6.20 Å². The average molecular weight is 388 g/mol. The zero-order valence-corrected chi connectivity index (χ0v) is 14.3. The van der Waals surface area contributed by atoms with Gasteiger partial charge in [-0.15, -0.1) is 10.2 Å². The fraction of sp³-hybridized carbons (Fsp3) is 0.0833. The molecule has 0 atom stereocenters. The van der Waals surface area contributed by atoms with Crippen LogP contribution in [0.3, 0.4) is 0 Å². The molecule has 2 aromatic heterocycles. The number of halogens is 2. The van der Waals surface area contributed by atoms with Gasteiger partial charge in [-0.05, 0) is 18.2 Å². The lowest BCUT2D eigenvalue weighted by atomic mass is 10.3. The van der Waals surface area contributed by atoms with Gasteiger partial charge in [0, 0.05) is 5.02 Å². The molecule has 3 rings (SSSR count). The van der Waals surface area contributed by atoms with E-state index in [-0.39, 0.29) is 17.2 Å². The van der Waals surface area contributed by atoms with Gasteiger partial charge in [0.2, 0.25) is 10.9 Å². The number of aromatic nitrogens is 4. The van der Waals surface area contributed by atoms with Crippen LogP contribution in [-0.4, -0.2) is 31.5 Å². The second-order valence-electron chi connectivity index (χ2n) is 4.21. The van der Waals surface area contributed by atoms with E-state index in [2.05, 4.69) is 20.6 Å². The lowest BCUT2D eigenvalue weighted by Crippen LogP contribution is -2.15. The van der Waals surface area contributed by atoms with Crippen LogP contribution >= 0.6 is 46.3 Å². The maximum atomic E-state index is 12.0. The van der Waals surface area contributed by atoms with Gasteiger partial charge in [-0.2, -0.15) is 9.61 Å². The van der Waals surface area contributed by atoms with Crippen molar-refractivity contribution in [1.82, 2.24) is 19.8 Å². The summed E-state index contributed by atoms with van der Waals surface area (Å²) in [6, 6.07) is 4.80. The summed E-state index contributed by atoms with van der Waals surface area (Å²) in [6.45, 7) is 0. The zero-order chi connectivity index (χ0) is 16.4. The lowest BCUT2D eigenvalue weighted by molar-refractivity contribution is -0.113. The monoisotopic (exact) mass is 387 g/mol. The fourth-order valence-corrected chi connectivity index (χ4v) is 3.64. The minimum absolute atomic E-state index is 0.102. The molecule has 2 heterocycles. The van der Waals surface area contributed by atoms with E-state index in [1.807, 2.05) is 0 Å². The van der Waals surface area contributed by atoms with Crippen LogP contribution in [0.25, 0.3) is 4.96 Å². The minimum atomic E-state index is -0.367. The number of nitrogens with one attached hydrogen (secondary N) is 1. The van der Waals surface area contributed by atoms with Crippen LogP contribution in [-0.2, 0) is 4.79 Å². The van der Waals surface area contributed by atoms with Gasteiger partial charge in [-0.3, -0.25) is 9.59 Å². The first kappa shape index (κ1) is 16.2. The highest BCUT2D eigenvalue weighted by Gasteiger charge is 2.11. The summed E-state index contributed by atoms with van der Waals surface area (Å²) >= 11 is 14.2. The Morgan fingerprint density at radius 1 is 1.39 bits per heavy atom. The van der Waals surface area contributed by atoms with Crippen molar-refractivity contribution in [2.45, 2.75) is 4.34 Å². The van der Waals surface area contributed by atoms with Crippen LogP contribution in [0, 0.1) is 0 Å². The standard InChI is InChI=1S/C12H7Cl2N5O2S2/c13-6-1-2-7(14)8(3-6)16-9(20)5-22-12-18-19-10(21)4-15-17-11(19)23-12/h1-4H,5H2,(H,16,20). The molecular weight excluding hydrogens is 381 g/mol. The van der Waals surface area contributed by atoms with Crippen LogP contribution in [0.15, 0.2) is 33.5 Å². The number of anilines is 1. The van der Waals surface area contributed by atoms with E-state index in [4.69, 9.17) is 23.2 Å². The van der Waals surface area contributed by atoms with Crippen LogP contribution < -0.4 is 10.9 Å². The highest BCUT2D eigenvalue weighted by Crippen LogP contribution is 2.26. The molecule has 0 aliphatic rings. The van der Waals surface area contributed by atoms with Crippen LogP contribution in [0.5, 0.6) is 0 Å². The Kier molecular flexibility index (Phi) is 4.81. The lowest BCUT2D eigenvalue weighted by Gasteiger charge is -2.06. The molecule has 0 spiro atoms. The van der Waals surface area contributed by atoms with E-state index in [1.165, 1.54) is 23.1 Å². The second kappa shape index (κ2) is 6.83. The molecule has 0 saturated carbocycles. The van der Waals surface area contributed by atoms with E-state index in [9.17, 15) is 9.59 Å². The van der Waals surface area contributed by atoms with Gasteiger partial charge in [0.15, 0.2) is 4.34 Å². The van der Waals surface area contributed by atoms with Crippen molar-refractivity contribution < 1.29 is 4.79 Å². The maximum Gasteiger partial charge on any atom is 0.293 e. The predicted molar refractivity (Wildman–Crippen MR) is 90.7 cm³/mol. The van der Waals surface area contributed by atoms with Crippen molar-refractivity contribution >= 4 is 62.9 Å². The van der Waals surface area contributed by atoms with Gasteiger partial charge in [-0.1, -0.05) is 46.3 Å². The third-order valence-corrected chi connectivity index (χ3v) is 5.19. The number of carbonyl (C=O) groups is 1. The predicted octanol–water partition coefficient (Wildman–Crippen LogP) is 2.58. The molecule has 7 nitrogen and oxygen atoms in total. The number of amides is 1. The molecule has 1 N–H and O–H groups in total. The van der Waals surface area contributed by atoms with E-state index >= 15 is 0 Å². The summed E-state index contributed by atoms with van der Waals surface area (Å²) in [7, 11) is 0. The molecule has 0 saturated heterocycles. The van der Waals surface area contributed by atoms with Crippen molar-refractivity contribution in [2.75, 3.05) is 11.1 Å². The number of rotatable bonds is 4. The van der Waals surface area contributed by atoms with Crippen molar-refractivity contribution in [2.24, 2.45) is 0 Å². The Morgan fingerprint density at radius 2 is 2.22 bits per heavy atom. The highest BCUT2D eigenvalue weighted by molar-refractivity contribution is 8.01. The molecule has 3 aromatic rings. The third-order valence-electron chi connectivity index (χ3n) is 2.59. The molecule has 0 fully saturated rings. The van der Waals surface area contributed by atoms with E-state index < -0.39 is 0 Å². The van der Waals surface area contributed by atoms with E-state index in [0.29, 0.717) is 25.0 Å². The molecule has 23 heavy (non-hydrogen) atoms. The number of hydrogen-bond acceptors (Lipinski definition) is 7. The Hall–Kier alpha value is -1.68. The van der Waals surface area contributed by atoms with Gasteiger partial charge in [0.25, 0.3) is 5.56 Å². The van der Waals surface area contributed by atoms with Crippen molar-refractivity contribution in [3.8, 4) is 0 Å². The van der Waals surface area contributed by atoms with E-state index in [0.717, 1.165) is 10.7 Å². The molecule has 0 aliphatic heterocycles.